The molecule has 0 heterocycles. The molecule has 0 saturated heterocycles. The van der Waals surface area contributed by atoms with Crippen molar-refractivity contribution in [1.82, 2.24) is 5.32 Å². The minimum atomic E-state index is -0.496. The number of carbonyl (C=O) groups excluding carboxylic acids is 1. The van der Waals surface area contributed by atoms with E-state index in [4.69, 9.17) is 9.47 Å². The highest BCUT2D eigenvalue weighted by Gasteiger charge is 2.17. The van der Waals surface area contributed by atoms with Gasteiger partial charge in [-0.2, -0.15) is 0 Å². The number of hydrogen-bond donors (Lipinski definition) is 1. The van der Waals surface area contributed by atoms with Crippen LogP contribution in [0.2, 0.25) is 0 Å². The van der Waals surface area contributed by atoms with E-state index >= 15 is 0 Å². The zero-order chi connectivity index (χ0) is 15.2. The van der Waals surface area contributed by atoms with E-state index < -0.39 is 11.7 Å². The number of methoxy groups -OCH3 is 1. The maximum Gasteiger partial charge on any atom is 0.408 e. The Morgan fingerprint density at radius 3 is 2.45 bits per heavy atom. The summed E-state index contributed by atoms with van der Waals surface area (Å²) in [5.74, 6) is 1.59. The van der Waals surface area contributed by atoms with E-state index in [1.54, 1.807) is 7.11 Å². The Kier molecular flexibility index (Phi) is 6.20. The topological polar surface area (TPSA) is 47.6 Å². The summed E-state index contributed by atoms with van der Waals surface area (Å²) in [6, 6.07) is 7.81. The van der Waals surface area contributed by atoms with Gasteiger partial charge >= 0.3 is 6.09 Å². The van der Waals surface area contributed by atoms with E-state index in [0.29, 0.717) is 0 Å². The smallest absolute Gasteiger partial charge is 0.408 e. The molecule has 1 atom stereocenters. The average Bonchev–Trinajstić information content (AvgIpc) is 2.34. The normalized spacial score (nSPS) is 12.7. The van der Waals surface area contributed by atoms with Crippen LogP contribution in [0.25, 0.3) is 0 Å². The summed E-state index contributed by atoms with van der Waals surface area (Å²) in [4.78, 5) is 11.6. The van der Waals surface area contributed by atoms with Crippen molar-refractivity contribution >= 4 is 17.9 Å². The molecule has 4 nitrogen and oxygen atoms in total. The maximum absolute atomic E-state index is 11.6. The van der Waals surface area contributed by atoms with E-state index in [1.165, 1.54) is 11.8 Å². The van der Waals surface area contributed by atoms with Crippen LogP contribution in [0.5, 0.6) is 5.75 Å². The Morgan fingerprint density at radius 2 is 1.95 bits per heavy atom. The van der Waals surface area contributed by atoms with E-state index in [0.717, 1.165) is 17.1 Å². The Morgan fingerprint density at radius 1 is 1.35 bits per heavy atom. The molecule has 111 valence electrons. The standard InChI is InChI=1S/C15H22NO3S/c1-11(16-14(17)19-15(2,3)4)20-10-12-6-8-13(18-5)9-7-12/h6-9,11H,1,10H2,2-5H3,(H,16,17). The average molecular weight is 296 g/mol. The molecular formula is C15H22NO3S. The summed E-state index contributed by atoms with van der Waals surface area (Å²) in [5, 5.41) is 2.44. The van der Waals surface area contributed by atoms with E-state index in [1.807, 2.05) is 45.0 Å². The number of amides is 1. The molecule has 1 radical (unpaired) electrons. The molecule has 0 fully saturated rings. The Labute approximate surface area is 125 Å². The fraction of sp³-hybridized carbons (Fsp3) is 0.467. The van der Waals surface area contributed by atoms with Crippen LogP contribution in [-0.2, 0) is 10.5 Å². The van der Waals surface area contributed by atoms with E-state index in [-0.39, 0.29) is 5.37 Å². The van der Waals surface area contributed by atoms with Crippen molar-refractivity contribution in [3.8, 4) is 5.75 Å². The highest BCUT2D eigenvalue weighted by molar-refractivity contribution is 7.99. The predicted molar refractivity (Wildman–Crippen MR) is 82.8 cm³/mol. The number of rotatable bonds is 5. The molecule has 5 heteroatoms. The molecule has 1 rings (SSSR count). The molecule has 20 heavy (non-hydrogen) atoms. The first-order valence-corrected chi connectivity index (χ1v) is 7.42. The molecule has 1 aromatic carbocycles. The number of thioether (sulfide) groups is 1. The third kappa shape index (κ3) is 6.70. The van der Waals surface area contributed by atoms with Crippen molar-refractivity contribution < 1.29 is 14.3 Å². The monoisotopic (exact) mass is 296 g/mol. The zero-order valence-corrected chi connectivity index (χ0v) is 13.3. The summed E-state index contributed by atoms with van der Waals surface area (Å²) in [7, 11) is 1.64. The largest absolute Gasteiger partial charge is 0.497 e. The molecule has 0 aliphatic carbocycles. The van der Waals surface area contributed by atoms with Gasteiger partial charge in [0.2, 0.25) is 0 Å². The summed E-state index contributed by atoms with van der Waals surface area (Å²) < 4.78 is 10.3. The number of benzene rings is 1. The molecule has 0 bridgehead atoms. The van der Waals surface area contributed by atoms with Crippen LogP contribution in [0, 0.1) is 6.92 Å². The second-order valence-electron chi connectivity index (χ2n) is 5.29. The molecule has 1 unspecified atom stereocenters. The van der Waals surface area contributed by atoms with Crippen LogP contribution >= 0.6 is 11.8 Å². The van der Waals surface area contributed by atoms with Crippen molar-refractivity contribution in [3.63, 3.8) is 0 Å². The minimum absolute atomic E-state index is 0.257. The number of hydrogen-bond acceptors (Lipinski definition) is 4. The van der Waals surface area contributed by atoms with Gasteiger partial charge in [-0.1, -0.05) is 12.1 Å². The van der Waals surface area contributed by atoms with Crippen molar-refractivity contribution in [2.75, 3.05) is 7.11 Å². The van der Waals surface area contributed by atoms with Gasteiger partial charge in [0.05, 0.1) is 12.5 Å². The van der Waals surface area contributed by atoms with Gasteiger partial charge < -0.3 is 14.8 Å². The minimum Gasteiger partial charge on any atom is -0.497 e. The molecular weight excluding hydrogens is 274 g/mol. The van der Waals surface area contributed by atoms with Crippen molar-refractivity contribution in [2.24, 2.45) is 0 Å². The maximum atomic E-state index is 11.6. The fourth-order valence-electron chi connectivity index (χ4n) is 1.40. The highest BCUT2D eigenvalue weighted by atomic mass is 32.2. The van der Waals surface area contributed by atoms with Crippen LogP contribution in [0.1, 0.15) is 26.3 Å². The lowest BCUT2D eigenvalue weighted by Crippen LogP contribution is -2.36. The molecule has 1 N–H and O–H groups in total. The van der Waals surface area contributed by atoms with E-state index in [9.17, 15) is 4.79 Å². The van der Waals surface area contributed by atoms with Crippen LogP contribution < -0.4 is 10.1 Å². The Hall–Kier alpha value is -1.36. The second kappa shape index (κ2) is 7.43. The SMILES string of the molecule is [CH2]C(NC(=O)OC(C)(C)C)SCc1ccc(OC)cc1. The first-order chi connectivity index (χ1) is 9.30. The van der Waals surface area contributed by atoms with Crippen LogP contribution in [0.3, 0.4) is 0 Å². The lowest BCUT2D eigenvalue weighted by atomic mass is 10.2. The summed E-state index contributed by atoms with van der Waals surface area (Å²) in [5.41, 5.74) is 0.653. The van der Waals surface area contributed by atoms with Crippen molar-refractivity contribution in [3.05, 3.63) is 36.8 Å². The first-order valence-electron chi connectivity index (χ1n) is 6.37. The lowest BCUT2D eigenvalue weighted by Gasteiger charge is -2.21. The van der Waals surface area contributed by atoms with Crippen molar-refractivity contribution in [2.45, 2.75) is 37.5 Å². The number of carbonyl (C=O) groups is 1. The molecule has 0 spiro atoms. The van der Waals surface area contributed by atoms with Gasteiger partial charge in [-0.15, -0.1) is 11.8 Å². The Balaban J connectivity index is 2.35. The number of alkyl carbamates (subject to hydrolysis) is 1. The van der Waals surface area contributed by atoms with Gasteiger partial charge in [-0.25, -0.2) is 4.79 Å². The third-order valence-corrected chi connectivity index (χ3v) is 3.31. The van der Waals surface area contributed by atoms with Gasteiger partial charge in [0.1, 0.15) is 11.4 Å². The number of ether oxygens (including phenoxy) is 2. The van der Waals surface area contributed by atoms with Crippen LogP contribution in [0.4, 0.5) is 4.79 Å². The molecule has 1 aromatic rings. The Bertz CT molecular complexity index is 426. The molecule has 1 amide bonds. The van der Waals surface area contributed by atoms with Gasteiger partial charge in [-0.05, 0) is 45.4 Å². The zero-order valence-electron chi connectivity index (χ0n) is 12.4. The predicted octanol–water partition coefficient (Wildman–Crippen LogP) is 3.61. The molecule has 0 aliphatic rings. The second-order valence-corrected chi connectivity index (χ2v) is 6.48. The van der Waals surface area contributed by atoms with Gasteiger partial charge in [0.15, 0.2) is 0 Å². The highest BCUT2D eigenvalue weighted by Crippen LogP contribution is 2.19. The first kappa shape index (κ1) is 16.7. The van der Waals surface area contributed by atoms with Crippen LogP contribution in [0.15, 0.2) is 24.3 Å². The summed E-state index contributed by atoms with van der Waals surface area (Å²) in [6.07, 6.45) is -0.445. The van der Waals surface area contributed by atoms with Crippen LogP contribution in [-0.4, -0.2) is 24.2 Å². The van der Waals surface area contributed by atoms with Gasteiger partial charge in [0.25, 0.3) is 0 Å². The molecule has 0 aromatic heterocycles. The third-order valence-electron chi connectivity index (χ3n) is 2.29. The summed E-state index contributed by atoms with van der Waals surface area (Å²) in [6.45, 7) is 9.37. The molecule has 0 saturated carbocycles. The van der Waals surface area contributed by atoms with Gasteiger partial charge in [0, 0.05) is 5.75 Å². The lowest BCUT2D eigenvalue weighted by molar-refractivity contribution is 0.0528. The van der Waals surface area contributed by atoms with Crippen molar-refractivity contribution in [1.29, 1.82) is 0 Å². The summed E-state index contributed by atoms with van der Waals surface area (Å²) >= 11 is 1.53. The molecule has 0 aliphatic heterocycles. The fourth-order valence-corrected chi connectivity index (χ4v) is 2.16. The van der Waals surface area contributed by atoms with E-state index in [2.05, 4.69) is 12.2 Å². The number of nitrogens with one attached hydrogen (secondary N) is 1. The quantitative estimate of drug-likeness (QED) is 0.843. The van der Waals surface area contributed by atoms with Gasteiger partial charge in [-0.3, -0.25) is 0 Å².